The molecule has 3 rings (SSSR count). The lowest BCUT2D eigenvalue weighted by Gasteiger charge is -2.23. The Morgan fingerprint density at radius 2 is 1.56 bits per heavy atom. The molecule has 1 amide bonds. The smallest absolute Gasteiger partial charge is 0.255 e. The zero-order valence-corrected chi connectivity index (χ0v) is 15.4. The molecular formula is C21H19BrN2O. The van der Waals surface area contributed by atoms with Crippen LogP contribution in [-0.2, 0) is 13.0 Å². The second-order valence-corrected chi connectivity index (χ2v) is 6.76. The van der Waals surface area contributed by atoms with Crippen LogP contribution in [0.5, 0.6) is 0 Å². The minimum Gasteiger partial charge on any atom is -0.334 e. The Morgan fingerprint density at radius 3 is 2.20 bits per heavy atom. The molecule has 3 aromatic rings. The lowest BCUT2D eigenvalue weighted by molar-refractivity contribution is 0.0744. The molecule has 0 bridgehead atoms. The maximum absolute atomic E-state index is 13.0. The van der Waals surface area contributed by atoms with Crippen molar-refractivity contribution in [1.29, 1.82) is 0 Å². The van der Waals surface area contributed by atoms with Gasteiger partial charge >= 0.3 is 0 Å². The second-order valence-electron chi connectivity index (χ2n) is 5.84. The molecule has 1 heterocycles. The summed E-state index contributed by atoms with van der Waals surface area (Å²) in [5.74, 6) is -0.00594. The first-order valence-corrected chi connectivity index (χ1v) is 8.99. The Kier molecular flexibility index (Phi) is 5.96. The van der Waals surface area contributed by atoms with Crippen molar-refractivity contribution in [1.82, 2.24) is 9.88 Å². The summed E-state index contributed by atoms with van der Waals surface area (Å²) in [6.07, 6.45) is 4.12. The van der Waals surface area contributed by atoms with Crippen LogP contribution in [0.1, 0.15) is 21.5 Å². The standard InChI is InChI=1S/C21H19BrN2O/c22-20-13-19(14-23-15-20)21(25)24(16-18-9-5-2-6-10-18)12-11-17-7-3-1-4-8-17/h1-10,13-15H,11-12,16H2. The van der Waals surface area contributed by atoms with E-state index >= 15 is 0 Å². The number of halogens is 1. The van der Waals surface area contributed by atoms with E-state index in [1.165, 1.54) is 5.56 Å². The molecule has 0 aliphatic carbocycles. The van der Waals surface area contributed by atoms with E-state index in [4.69, 9.17) is 0 Å². The molecule has 0 atom stereocenters. The van der Waals surface area contributed by atoms with Gasteiger partial charge in [0, 0.05) is 30.0 Å². The normalized spacial score (nSPS) is 10.4. The summed E-state index contributed by atoms with van der Waals surface area (Å²) in [5.41, 5.74) is 2.94. The average molecular weight is 395 g/mol. The molecule has 3 nitrogen and oxygen atoms in total. The number of hydrogen-bond donors (Lipinski definition) is 0. The van der Waals surface area contributed by atoms with Gasteiger partial charge < -0.3 is 4.90 Å². The number of aromatic nitrogens is 1. The van der Waals surface area contributed by atoms with Crippen molar-refractivity contribution in [2.24, 2.45) is 0 Å². The molecule has 4 heteroatoms. The van der Waals surface area contributed by atoms with Crippen molar-refractivity contribution in [3.63, 3.8) is 0 Å². The zero-order valence-electron chi connectivity index (χ0n) is 13.8. The maximum Gasteiger partial charge on any atom is 0.255 e. The lowest BCUT2D eigenvalue weighted by Crippen LogP contribution is -2.32. The topological polar surface area (TPSA) is 33.2 Å². The van der Waals surface area contributed by atoms with Crippen molar-refractivity contribution in [3.8, 4) is 0 Å². The number of pyridine rings is 1. The predicted octanol–water partition coefficient (Wildman–Crippen LogP) is 4.73. The Balaban J connectivity index is 1.79. The first-order valence-electron chi connectivity index (χ1n) is 8.20. The summed E-state index contributed by atoms with van der Waals surface area (Å²) < 4.78 is 0.807. The summed E-state index contributed by atoms with van der Waals surface area (Å²) in [4.78, 5) is 19.0. The third-order valence-corrected chi connectivity index (χ3v) is 4.40. The van der Waals surface area contributed by atoms with E-state index in [-0.39, 0.29) is 5.91 Å². The summed E-state index contributed by atoms with van der Waals surface area (Å²) in [5, 5.41) is 0. The van der Waals surface area contributed by atoms with Crippen LogP contribution < -0.4 is 0 Å². The van der Waals surface area contributed by atoms with Crippen LogP contribution in [0.4, 0.5) is 0 Å². The molecule has 25 heavy (non-hydrogen) atoms. The van der Waals surface area contributed by atoms with Gasteiger partial charge in [-0.15, -0.1) is 0 Å². The van der Waals surface area contributed by atoms with Gasteiger partial charge in [-0.05, 0) is 39.5 Å². The van der Waals surface area contributed by atoms with Crippen molar-refractivity contribution >= 4 is 21.8 Å². The monoisotopic (exact) mass is 394 g/mol. The van der Waals surface area contributed by atoms with Gasteiger partial charge in [-0.3, -0.25) is 9.78 Å². The fourth-order valence-electron chi connectivity index (χ4n) is 2.68. The summed E-state index contributed by atoms with van der Waals surface area (Å²) in [6.45, 7) is 1.24. The zero-order chi connectivity index (χ0) is 17.5. The second kappa shape index (κ2) is 8.58. The SMILES string of the molecule is O=C(c1cncc(Br)c1)N(CCc1ccccc1)Cc1ccccc1. The Hall–Kier alpha value is -2.46. The van der Waals surface area contributed by atoms with Crippen LogP contribution in [0.3, 0.4) is 0 Å². The molecule has 0 unspecified atom stereocenters. The molecule has 0 saturated carbocycles. The first-order chi connectivity index (χ1) is 12.2. The largest absolute Gasteiger partial charge is 0.334 e. The highest BCUT2D eigenvalue weighted by Gasteiger charge is 2.17. The molecule has 0 radical (unpaired) electrons. The van der Waals surface area contributed by atoms with Crippen LogP contribution in [0.15, 0.2) is 83.6 Å². The van der Waals surface area contributed by atoms with Crippen molar-refractivity contribution in [3.05, 3.63) is 100 Å². The molecule has 0 fully saturated rings. The highest BCUT2D eigenvalue weighted by atomic mass is 79.9. The fraction of sp³-hybridized carbons (Fsp3) is 0.143. The lowest BCUT2D eigenvalue weighted by atomic mass is 10.1. The number of benzene rings is 2. The minimum absolute atomic E-state index is 0.00594. The van der Waals surface area contributed by atoms with Crippen molar-refractivity contribution < 1.29 is 4.79 Å². The molecule has 1 aromatic heterocycles. The molecule has 0 aliphatic rings. The van der Waals surface area contributed by atoms with Gasteiger partial charge in [-0.25, -0.2) is 0 Å². The molecule has 126 valence electrons. The summed E-state index contributed by atoms with van der Waals surface area (Å²) >= 11 is 3.39. The number of hydrogen-bond acceptors (Lipinski definition) is 2. The molecular weight excluding hydrogens is 376 g/mol. The van der Waals surface area contributed by atoms with Gasteiger partial charge in [0.2, 0.25) is 0 Å². The summed E-state index contributed by atoms with van der Waals surface area (Å²) in [7, 11) is 0. The van der Waals surface area contributed by atoms with E-state index in [9.17, 15) is 4.79 Å². The van der Waals surface area contributed by atoms with Gasteiger partial charge in [-0.2, -0.15) is 0 Å². The molecule has 0 aliphatic heterocycles. The van der Waals surface area contributed by atoms with Crippen LogP contribution in [0.25, 0.3) is 0 Å². The third kappa shape index (κ3) is 5.00. The first kappa shape index (κ1) is 17.4. The third-order valence-electron chi connectivity index (χ3n) is 3.97. The van der Waals surface area contributed by atoms with E-state index in [2.05, 4.69) is 33.0 Å². The van der Waals surface area contributed by atoms with Crippen molar-refractivity contribution in [2.45, 2.75) is 13.0 Å². The van der Waals surface area contributed by atoms with Crippen LogP contribution in [-0.4, -0.2) is 22.3 Å². The van der Waals surface area contributed by atoms with Crippen LogP contribution >= 0.6 is 15.9 Å². The van der Waals surface area contributed by atoms with Gasteiger partial charge in [0.1, 0.15) is 0 Å². The number of carbonyl (C=O) groups excluding carboxylic acids is 1. The predicted molar refractivity (Wildman–Crippen MR) is 103 cm³/mol. The van der Waals surface area contributed by atoms with Gasteiger partial charge in [0.05, 0.1) is 5.56 Å². The number of nitrogens with zero attached hydrogens (tertiary/aromatic N) is 2. The minimum atomic E-state index is -0.00594. The van der Waals surface area contributed by atoms with Gasteiger partial charge in [-0.1, -0.05) is 60.7 Å². The van der Waals surface area contributed by atoms with Crippen LogP contribution in [0, 0.1) is 0 Å². The van der Waals surface area contributed by atoms with E-state index < -0.39 is 0 Å². The van der Waals surface area contributed by atoms with E-state index in [0.29, 0.717) is 18.7 Å². The van der Waals surface area contributed by atoms with E-state index in [1.807, 2.05) is 59.5 Å². The van der Waals surface area contributed by atoms with Gasteiger partial charge in [0.15, 0.2) is 0 Å². The number of carbonyl (C=O) groups is 1. The quantitative estimate of drug-likeness (QED) is 0.605. The number of rotatable bonds is 6. The summed E-state index contributed by atoms with van der Waals surface area (Å²) in [6, 6.07) is 22.1. The van der Waals surface area contributed by atoms with E-state index in [1.54, 1.807) is 12.4 Å². The molecule has 2 aromatic carbocycles. The highest BCUT2D eigenvalue weighted by molar-refractivity contribution is 9.10. The van der Waals surface area contributed by atoms with Crippen molar-refractivity contribution in [2.75, 3.05) is 6.54 Å². The molecule has 0 spiro atoms. The number of amides is 1. The Bertz CT molecular complexity index is 822. The fourth-order valence-corrected chi connectivity index (χ4v) is 3.04. The molecule has 0 saturated heterocycles. The Morgan fingerprint density at radius 1 is 0.920 bits per heavy atom. The molecule has 0 N–H and O–H groups in total. The van der Waals surface area contributed by atoms with Gasteiger partial charge in [0.25, 0.3) is 5.91 Å². The van der Waals surface area contributed by atoms with E-state index in [0.717, 1.165) is 16.5 Å². The maximum atomic E-state index is 13.0. The Labute approximate surface area is 156 Å². The average Bonchev–Trinajstić information content (AvgIpc) is 2.66. The van der Waals surface area contributed by atoms with Crippen LogP contribution in [0.2, 0.25) is 0 Å². The highest BCUT2D eigenvalue weighted by Crippen LogP contribution is 2.15.